The molecule has 0 heteroatoms. The topological polar surface area (TPSA) is 0 Å². The molecule has 0 saturated carbocycles. The first kappa shape index (κ1) is 41.0. The Kier molecular flexibility index (Phi) is 18.1. The maximum Gasteiger partial charge on any atom is -0.0386 e. The minimum Gasteiger partial charge on any atom is -0.0651 e. The number of rotatable bonds is 19. The van der Waals surface area contributed by atoms with E-state index in [4.69, 9.17) is 0 Å². The van der Waals surface area contributed by atoms with Gasteiger partial charge in [0.2, 0.25) is 0 Å². The Morgan fingerprint density at radius 3 is 0.512 bits per heavy atom. The first-order valence-electron chi connectivity index (χ1n) is 18.7. The summed E-state index contributed by atoms with van der Waals surface area (Å²) in [6.45, 7) is 53.0. The third-order valence-corrected chi connectivity index (χ3v) is 15.9. The van der Waals surface area contributed by atoms with Crippen LogP contribution in [0.2, 0.25) is 0 Å². The van der Waals surface area contributed by atoms with Crippen LogP contribution in [0.25, 0.3) is 0 Å². The minimum atomic E-state index is 0.744. The van der Waals surface area contributed by atoms with Crippen LogP contribution in [0.15, 0.2) is 0 Å². The number of hydrogen-bond donors (Lipinski definition) is 0. The van der Waals surface area contributed by atoms with Crippen LogP contribution in [0.3, 0.4) is 0 Å². The Morgan fingerprint density at radius 1 is 0.220 bits per heavy atom. The molecule has 0 amide bonds. The molecule has 248 valence electrons. The fourth-order valence-corrected chi connectivity index (χ4v) is 8.68. The standard InChI is InChI=1S/C41H84/c1-22-24(4)26(6)28(8)30(10)32(12)34(14)36(16)38(18)40(20)41(21)39(19)37(17)35(15)33(13)31(11)29(9)27(7)25(5)23(2)3/h23-41H,22H2,1-21H3. The molecule has 0 aliphatic rings. The van der Waals surface area contributed by atoms with E-state index >= 15 is 0 Å². The largest absolute Gasteiger partial charge is 0.0651 e. The Labute approximate surface area is 263 Å². The van der Waals surface area contributed by atoms with Gasteiger partial charge in [0.1, 0.15) is 0 Å². The molecule has 0 N–H and O–H groups in total. The second kappa shape index (κ2) is 18.1. The highest BCUT2D eigenvalue weighted by atomic mass is 14.4. The monoisotopic (exact) mass is 577 g/mol. The second-order valence-electron chi connectivity index (χ2n) is 17.2. The first-order valence-corrected chi connectivity index (χ1v) is 18.7. The van der Waals surface area contributed by atoms with Crippen LogP contribution in [0.4, 0.5) is 0 Å². The fourth-order valence-electron chi connectivity index (χ4n) is 8.68. The van der Waals surface area contributed by atoms with Gasteiger partial charge in [-0.15, -0.1) is 0 Å². The maximum absolute atomic E-state index is 2.58. The van der Waals surface area contributed by atoms with Crippen molar-refractivity contribution in [2.45, 2.75) is 152 Å². The predicted octanol–water partition coefficient (Wildman–Crippen LogP) is 13.5. The summed E-state index contributed by atoms with van der Waals surface area (Å²) in [5.41, 5.74) is 0. The van der Waals surface area contributed by atoms with Crippen LogP contribution in [-0.2, 0) is 0 Å². The summed E-state index contributed by atoms with van der Waals surface area (Å²) in [6, 6.07) is 0. The molecule has 0 aliphatic heterocycles. The fraction of sp³-hybridized carbons (Fsp3) is 1.00. The third-order valence-electron chi connectivity index (χ3n) is 15.9. The van der Waals surface area contributed by atoms with Crippen molar-refractivity contribution in [1.82, 2.24) is 0 Å². The highest BCUT2D eigenvalue weighted by Crippen LogP contribution is 2.45. The molecule has 0 heterocycles. The van der Waals surface area contributed by atoms with Crippen molar-refractivity contribution in [2.24, 2.45) is 112 Å². The van der Waals surface area contributed by atoms with Crippen LogP contribution >= 0.6 is 0 Å². The summed E-state index contributed by atoms with van der Waals surface area (Å²) in [6.07, 6.45) is 1.30. The molecule has 0 aromatic rings. The van der Waals surface area contributed by atoms with Crippen molar-refractivity contribution in [2.75, 3.05) is 0 Å². The van der Waals surface area contributed by atoms with Crippen LogP contribution in [0, 0.1) is 112 Å². The average Bonchev–Trinajstić information content (AvgIpc) is 2.97. The van der Waals surface area contributed by atoms with Crippen molar-refractivity contribution < 1.29 is 0 Å². The molecule has 18 atom stereocenters. The number of hydrogen-bond acceptors (Lipinski definition) is 0. The average molecular weight is 577 g/mol. The molecule has 0 nitrogen and oxygen atoms in total. The van der Waals surface area contributed by atoms with Gasteiger partial charge in [-0.3, -0.25) is 0 Å². The molecule has 41 heavy (non-hydrogen) atoms. The van der Waals surface area contributed by atoms with Gasteiger partial charge >= 0.3 is 0 Å². The van der Waals surface area contributed by atoms with E-state index in [1.165, 1.54) is 6.42 Å². The molecule has 0 saturated heterocycles. The van der Waals surface area contributed by atoms with E-state index in [1.54, 1.807) is 0 Å². The van der Waals surface area contributed by atoms with Gasteiger partial charge in [0.15, 0.2) is 0 Å². The molecule has 0 aliphatic carbocycles. The van der Waals surface area contributed by atoms with Crippen LogP contribution in [0.1, 0.15) is 152 Å². The van der Waals surface area contributed by atoms with E-state index in [9.17, 15) is 0 Å². The van der Waals surface area contributed by atoms with Crippen LogP contribution in [-0.4, -0.2) is 0 Å². The van der Waals surface area contributed by atoms with Crippen molar-refractivity contribution in [3.05, 3.63) is 0 Å². The molecule has 0 radical (unpaired) electrons. The SMILES string of the molecule is CCC(C)C(C)C(C)C(C)C(C)C(C)C(C)C(C)C(C)C(C)C(C)C(C)C(C)C(C)C(C)C(C)C(C)C(C)C(C)C. The van der Waals surface area contributed by atoms with Gasteiger partial charge in [-0.25, -0.2) is 0 Å². The Bertz CT molecular complexity index is 678. The van der Waals surface area contributed by atoms with Gasteiger partial charge in [0, 0.05) is 0 Å². The minimum absolute atomic E-state index is 0.744. The predicted molar refractivity (Wildman–Crippen MR) is 190 cm³/mol. The lowest BCUT2D eigenvalue weighted by molar-refractivity contribution is 0.0483. The highest BCUT2D eigenvalue weighted by Gasteiger charge is 2.38. The highest BCUT2D eigenvalue weighted by molar-refractivity contribution is 4.87. The van der Waals surface area contributed by atoms with Gasteiger partial charge in [0.05, 0.1) is 0 Å². The Morgan fingerprint density at radius 2 is 0.366 bits per heavy atom. The van der Waals surface area contributed by atoms with Gasteiger partial charge < -0.3 is 0 Å². The van der Waals surface area contributed by atoms with E-state index in [2.05, 4.69) is 145 Å². The summed E-state index contributed by atoms with van der Waals surface area (Å²) in [5.74, 6) is 14.5. The Balaban J connectivity index is 5.42. The third kappa shape index (κ3) is 10.5. The van der Waals surface area contributed by atoms with Gasteiger partial charge in [-0.1, -0.05) is 152 Å². The van der Waals surface area contributed by atoms with Gasteiger partial charge in [-0.2, -0.15) is 0 Å². The Hall–Kier alpha value is 0. The zero-order valence-electron chi connectivity index (χ0n) is 32.7. The van der Waals surface area contributed by atoms with E-state index < -0.39 is 0 Å². The van der Waals surface area contributed by atoms with Gasteiger partial charge in [0.25, 0.3) is 0 Å². The lowest BCUT2D eigenvalue weighted by Gasteiger charge is -2.44. The van der Waals surface area contributed by atoms with Crippen molar-refractivity contribution in [3.63, 3.8) is 0 Å². The molecule has 0 spiro atoms. The lowest BCUT2D eigenvalue weighted by atomic mass is 9.62. The zero-order valence-corrected chi connectivity index (χ0v) is 32.7. The zero-order chi connectivity index (χ0) is 32.7. The summed E-state index contributed by atoms with van der Waals surface area (Å²) >= 11 is 0. The molecule has 0 fully saturated rings. The lowest BCUT2D eigenvalue weighted by Crippen LogP contribution is -2.37. The van der Waals surface area contributed by atoms with Gasteiger partial charge in [-0.05, 0) is 112 Å². The van der Waals surface area contributed by atoms with Crippen molar-refractivity contribution >= 4 is 0 Å². The molecular formula is C41H84. The van der Waals surface area contributed by atoms with E-state index in [1.807, 2.05) is 0 Å². The van der Waals surface area contributed by atoms with Crippen LogP contribution in [0.5, 0.6) is 0 Å². The second-order valence-corrected chi connectivity index (χ2v) is 17.2. The summed E-state index contributed by atoms with van der Waals surface area (Å²) in [5, 5.41) is 0. The molecule has 0 bridgehead atoms. The van der Waals surface area contributed by atoms with E-state index in [-0.39, 0.29) is 0 Å². The van der Waals surface area contributed by atoms with Crippen molar-refractivity contribution in [3.8, 4) is 0 Å². The quantitative estimate of drug-likeness (QED) is 0.143. The molecular weight excluding hydrogens is 492 g/mol. The summed E-state index contributed by atoms with van der Waals surface area (Å²) < 4.78 is 0. The first-order chi connectivity index (χ1) is 18.7. The molecule has 18 unspecified atom stereocenters. The summed E-state index contributed by atoms with van der Waals surface area (Å²) in [4.78, 5) is 0. The smallest absolute Gasteiger partial charge is 0.0386 e. The van der Waals surface area contributed by atoms with E-state index in [0.29, 0.717) is 0 Å². The normalized spacial score (nSPS) is 26.2. The van der Waals surface area contributed by atoms with Crippen molar-refractivity contribution in [1.29, 1.82) is 0 Å². The molecule has 0 aromatic heterocycles. The maximum atomic E-state index is 2.58. The molecule has 0 aromatic carbocycles. The van der Waals surface area contributed by atoms with Crippen LogP contribution < -0.4 is 0 Å². The molecule has 0 rings (SSSR count). The van der Waals surface area contributed by atoms with E-state index in [0.717, 1.165) is 112 Å². The summed E-state index contributed by atoms with van der Waals surface area (Å²) in [7, 11) is 0.